The second kappa shape index (κ2) is 6.73. The van der Waals surface area contributed by atoms with Crippen LogP contribution in [0.4, 0.5) is 5.69 Å². The van der Waals surface area contributed by atoms with Crippen molar-refractivity contribution in [3.05, 3.63) is 27.7 Å². The predicted octanol–water partition coefficient (Wildman–Crippen LogP) is 2.19. The molecule has 0 radical (unpaired) electrons. The molecule has 0 bridgehead atoms. The van der Waals surface area contributed by atoms with Gasteiger partial charge in [0.15, 0.2) is 0 Å². The monoisotopic (exact) mass is 354 g/mol. The molecule has 4 nitrogen and oxygen atoms in total. The topological polar surface area (TPSA) is 61.4 Å². The van der Waals surface area contributed by atoms with E-state index in [9.17, 15) is 9.90 Å². The summed E-state index contributed by atoms with van der Waals surface area (Å²) < 4.78 is 0.733. The third-order valence-electron chi connectivity index (χ3n) is 2.61. The summed E-state index contributed by atoms with van der Waals surface area (Å²) in [5, 5.41) is 15.6. The van der Waals surface area contributed by atoms with Gasteiger partial charge in [0.2, 0.25) is 5.91 Å². The fourth-order valence-corrected chi connectivity index (χ4v) is 2.22. The first kappa shape index (κ1) is 15.7. The molecule has 0 saturated carbocycles. The van der Waals surface area contributed by atoms with Gasteiger partial charge in [-0.1, -0.05) is 11.6 Å². The van der Waals surface area contributed by atoms with Gasteiger partial charge in [0.1, 0.15) is 0 Å². The third-order valence-corrected chi connectivity index (χ3v) is 3.83. The maximum absolute atomic E-state index is 11.8. The van der Waals surface area contributed by atoms with Crippen LogP contribution in [-0.4, -0.2) is 29.7 Å². The van der Waals surface area contributed by atoms with E-state index in [1.807, 2.05) is 0 Å². The van der Waals surface area contributed by atoms with E-state index >= 15 is 0 Å². The molecule has 0 spiro atoms. The number of hydrogen-bond acceptors (Lipinski definition) is 3. The lowest BCUT2D eigenvalue weighted by molar-refractivity contribution is -0.117. The van der Waals surface area contributed by atoms with Gasteiger partial charge >= 0.3 is 0 Å². The van der Waals surface area contributed by atoms with Gasteiger partial charge in [-0.15, -0.1) is 12.4 Å². The van der Waals surface area contributed by atoms with E-state index in [1.54, 1.807) is 18.2 Å². The zero-order valence-corrected chi connectivity index (χ0v) is 12.5. The van der Waals surface area contributed by atoms with Gasteiger partial charge < -0.3 is 15.7 Å². The van der Waals surface area contributed by atoms with Crippen molar-refractivity contribution in [3.63, 3.8) is 0 Å². The molecule has 1 saturated heterocycles. The van der Waals surface area contributed by atoms with Crippen molar-refractivity contribution >= 4 is 51.5 Å². The zero-order valence-electron chi connectivity index (χ0n) is 9.32. The van der Waals surface area contributed by atoms with Crippen LogP contribution in [-0.2, 0) is 4.79 Å². The average Bonchev–Trinajstić information content (AvgIpc) is 2.70. The molecule has 1 aromatic carbocycles. The van der Waals surface area contributed by atoms with E-state index in [0.717, 1.165) is 4.47 Å². The fraction of sp³-hybridized carbons (Fsp3) is 0.364. The van der Waals surface area contributed by atoms with Gasteiger partial charge in [0.25, 0.3) is 0 Å². The maximum Gasteiger partial charge on any atom is 0.241 e. The van der Waals surface area contributed by atoms with Crippen LogP contribution in [0.25, 0.3) is 0 Å². The number of rotatable bonds is 2. The molecule has 0 aliphatic carbocycles. The van der Waals surface area contributed by atoms with Crippen molar-refractivity contribution in [2.24, 2.45) is 0 Å². The lowest BCUT2D eigenvalue weighted by Gasteiger charge is -2.11. The van der Waals surface area contributed by atoms with E-state index < -0.39 is 6.10 Å². The van der Waals surface area contributed by atoms with Crippen molar-refractivity contribution in [2.45, 2.75) is 18.6 Å². The van der Waals surface area contributed by atoms with E-state index in [4.69, 9.17) is 11.6 Å². The molecule has 1 aromatic rings. The molecule has 2 rings (SSSR count). The molecular weight excluding hydrogens is 343 g/mol. The van der Waals surface area contributed by atoms with Crippen LogP contribution in [0.15, 0.2) is 22.7 Å². The molecule has 2 unspecified atom stereocenters. The van der Waals surface area contributed by atoms with E-state index in [-0.39, 0.29) is 24.4 Å². The smallest absolute Gasteiger partial charge is 0.241 e. The number of hydrogen-bond donors (Lipinski definition) is 3. The number of amides is 1. The minimum absolute atomic E-state index is 0. The standard InChI is InChI=1S/C11H12BrClN2O2.ClH/c12-8-3-6(1-2-9(8)13)15-11(17)10-4-7(16)5-14-10;/h1-3,7,10,14,16H,4-5H2,(H,15,17);1H. The van der Waals surface area contributed by atoms with Gasteiger partial charge in [-0.25, -0.2) is 0 Å². The van der Waals surface area contributed by atoms with E-state index in [2.05, 4.69) is 26.6 Å². The molecule has 0 aromatic heterocycles. The summed E-state index contributed by atoms with van der Waals surface area (Å²) in [5.41, 5.74) is 0.675. The van der Waals surface area contributed by atoms with Crippen LogP contribution >= 0.6 is 39.9 Å². The lowest BCUT2D eigenvalue weighted by atomic mass is 10.2. The molecule has 18 heavy (non-hydrogen) atoms. The number of aliphatic hydroxyl groups is 1. The highest BCUT2D eigenvalue weighted by Gasteiger charge is 2.27. The van der Waals surface area contributed by atoms with Crippen molar-refractivity contribution in [1.29, 1.82) is 0 Å². The van der Waals surface area contributed by atoms with E-state index in [1.165, 1.54) is 0 Å². The van der Waals surface area contributed by atoms with Gasteiger partial charge in [0, 0.05) is 16.7 Å². The molecule has 3 N–H and O–H groups in total. The summed E-state index contributed by atoms with van der Waals surface area (Å²) in [5.74, 6) is -0.143. The van der Waals surface area contributed by atoms with Crippen molar-refractivity contribution in [1.82, 2.24) is 5.32 Å². The molecule has 1 aliphatic rings. The van der Waals surface area contributed by atoms with Crippen molar-refractivity contribution < 1.29 is 9.90 Å². The highest BCUT2D eigenvalue weighted by Crippen LogP contribution is 2.25. The van der Waals surface area contributed by atoms with Crippen molar-refractivity contribution in [3.8, 4) is 0 Å². The number of benzene rings is 1. The van der Waals surface area contributed by atoms with Crippen LogP contribution in [0.2, 0.25) is 5.02 Å². The first-order chi connectivity index (χ1) is 8.06. The molecule has 1 aliphatic heterocycles. The van der Waals surface area contributed by atoms with Gasteiger partial charge in [-0.05, 0) is 40.5 Å². The summed E-state index contributed by atoms with van der Waals surface area (Å²) in [6.07, 6.45) is 0.00309. The Labute approximate surface area is 125 Å². The Morgan fingerprint density at radius 1 is 1.56 bits per heavy atom. The fourth-order valence-electron chi connectivity index (χ4n) is 1.72. The maximum atomic E-state index is 11.8. The Hall–Kier alpha value is -0.330. The number of anilines is 1. The first-order valence-electron chi connectivity index (χ1n) is 5.23. The first-order valence-corrected chi connectivity index (χ1v) is 6.40. The van der Waals surface area contributed by atoms with Gasteiger partial charge in [-0.2, -0.15) is 0 Å². The number of carbonyl (C=O) groups is 1. The minimum Gasteiger partial charge on any atom is -0.392 e. The Kier molecular flexibility index (Phi) is 5.88. The Morgan fingerprint density at radius 3 is 2.83 bits per heavy atom. The predicted molar refractivity (Wildman–Crippen MR) is 77.4 cm³/mol. The van der Waals surface area contributed by atoms with Crippen LogP contribution in [0, 0.1) is 0 Å². The van der Waals surface area contributed by atoms with Crippen LogP contribution in [0.5, 0.6) is 0 Å². The average molecular weight is 356 g/mol. The number of aliphatic hydroxyl groups excluding tert-OH is 1. The normalized spacial score (nSPS) is 22.4. The zero-order chi connectivity index (χ0) is 12.4. The minimum atomic E-state index is -0.442. The van der Waals surface area contributed by atoms with Gasteiger partial charge in [0.05, 0.1) is 17.2 Å². The van der Waals surface area contributed by atoms with E-state index in [0.29, 0.717) is 23.7 Å². The molecule has 100 valence electrons. The summed E-state index contributed by atoms with van der Waals surface area (Å²) >= 11 is 9.15. The second-order valence-corrected chi connectivity index (χ2v) is 5.23. The summed E-state index contributed by atoms with van der Waals surface area (Å²) in [6, 6.07) is 4.85. The Bertz CT molecular complexity index is 445. The summed E-state index contributed by atoms with van der Waals surface area (Å²) in [6.45, 7) is 0.461. The summed E-state index contributed by atoms with van der Waals surface area (Å²) in [7, 11) is 0. The number of halogens is 3. The van der Waals surface area contributed by atoms with Crippen LogP contribution in [0.3, 0.4) is 0 Å². The lowest BCUT2D eigenvalue weighted by Crippen LogP contribution is -2.35. The third kappa shape index (κ3) is 3.83. The van der Waals surface area contributed by atoms with Crippen molar-refractivity contribution in [2.75, 3.05) is 11.9 Å². The summed E-state index contributed by atoms with van der Waals surface area (Å²) in [4.78, 5) is 11.8. The quantitative estimate of drug-likeness (QED) is 0.762. The second-order valence-electron chi connectivity index (χ2n) is 3.97. The molecule has 1 amide bonds. The van der Waals surface area contributed by atoms with Gasteiger partial charge in [-0.3, -0.25) is 4.79 Å². The molecule has 7 heteroatoms. The Morgan fingerprint density at radius 2 is 2.28 bits per heavy atom. The number of carbonyl (C=O) groups excluding carboxylic acids is 1. The Balaban J connectivity index is 0.00000162. The van der Waals surface area contributed by atoms with Crippen LogP contribution in [0.1, 0.15) is 6.42 Å². The molecule has 1 fully saturated rings. The highest BCUT2D eigenvalue weighted by atomic mass is 79.9. The van der Waals surface area contributed by atoms with Crippen LogP contribution < -0.4 is 10.6 Å². The SMILES string of the molecule is Cl.O=C(Nc1ccc(Cl)c(Br)c1)C1CC(O)CN1. The largest absolute Gasteiger partial charge is 0.392 e. The molecule has 1 heterocycles. The number of nitrogens with one attached hydrogen (secondary N) is 2. The molecular formula is C11H13BrCl2N2O2. The molecule has 2 atom stereocenters. The number of β-amino-alcohol motifs (C(OH)–C–C–N with tert-alkyl or cyclic N) is 1. The highest BCUT2D eigenvalue weighted by molar-refractivity contribution is 9.10.